The number of nitrogens with two attached hydrogens (primary N) is 1. The van der Waals surface area contributed by atoms with Gasteiger partial charge in [-0.15, -0.1) is 0 Å². The second kappa shape index (κ2) is 9.10. The van der Waals surface area contributed by atoms with E-state index in [1.165, 1.54) is 31.7 Å². The molecule has 3 fully saturated rings. The molecule has 0 saturated heterocycles. The van der Waals surface area contributed by atoms with E-state index in [-0.39, 0.29) is 11.4 Å². The Morgan fingerprint density at radius 1 is 0.973 bits per heavy atom. The Morgan fingerprint density at radius 2 is 1.70 bits per heavy atom. The van der Waals surface area contributed by atoms with Gasteiger partial charge in [0.1, 0.15) is 17.5 Å². The first kappa shape index (κ1) is 23.3. The number of nitrogens with zero attached hydrogens (tertiary/aromatic N) is 2. The summed E-state index contributed by atoms with van der Waals surface area (Å²) in [6, 6.07) is 13.9. The van der Waals surface area contributed by atoms with Gasteiger partial charge in [-0.05, 0) is 60.1 Å². The van der Waals surface area contributed by atoms with Crippen molar-refractivity contribution in [3.05, 3.63) is 66.4 Å². The van der Waals surface area contributed by atoms with E-state index in [0.717, 1.165) is 34.6 Å². The number of rotatable bonds is 2. The van der Waals surface area contributed by atoms with Crippen LogP contribution in [0.5, 0.6) is 0 Å². The van der Waals surface area contributed by atoms with Gasteiger partial charge in [-0.1, -0.05) is 37.1 Å². The van der Waals surface area contributed by atoms with Crippen molar-refractivity contribution in [2.75, 3.05) is 5.73 Å². The van der Waals surface area contributed by atoms with Crippen molar-refractivity contribution in [2.24, 2.45) is 17.8 Å². The van der Waals surface area contributed by atoms with Gasteiger partial charge in [0, 0.05) is 28.6 Å². The molecular weight excluding hydrogens is 474 g/mol. The highest BCUT2D eigenvalue weighted by molar-refractivity contribution is 6.02. The largest absolute Gasteiger partial charge is 0.481 e. The molecule has 0 amide bonds. The first-order chi connectivity index (χ1) is 17.9. The Labute approximate surface area is 211 Å². The minimum Gasteiger partial charge on any atom is -0.481 e. The van der Waals surface area contributed by atoms with E-state index in [9.17, 15) is 13.6 Å². The van der Waals surface area contributed by atoms with Gasteiger partial charge in [0.25, 0.3) is 0 Å². The average Bonchev–Trinajstić information content (AvgIpc) is 3.33. The average molecular weight is 501 g/mol. The van der Waals surface area contributed by atoms with Crippen molar-refractivity contribution in [3.8, 4) is 11.4 Å². The van der Waals surface area contributed by atoms with Crippen molar-refractivity contribution >= 4 is 44.4 Å². The number of hydrogen-bond donors (Lipinski definition) is 3. The minimum atomic E-state index is -0.661. The van der Waals surface area contributed by atoms with Crippen LogP contribution in [0.3, 0.4) is 0 Å². The van der Waals surface area contributed by atoms with Crippen molar-refractivity contribution in [3.63, 3.8) is 0 Å². The third kappa shape index (κ3) is 4.26. The first-order valence-corrected chi connectivity index (χ1v) is 12.5. The molecule has 3 aliphatic rings. The Balaban J connectivity index is 0.000000191. The molecule has 2 heterocycles. The molecule has 0 radical (unpaired) electrons. The third-order valence-corrected chi connectivity index (χ3v) is 7.90. The Bertz CT molecular complexity index is 1660. The summed E-state index contributed by atoms with van der Waals surface area (Å²) in [4.78, 5) is 22.5. The second-order valence-corrected chi connectivity index (χ2v) is 10.1. The Hall–Kier alpha value is -4.07. The minimum absolute atomic E-state index is 0.00231. The smallest absolute Gasteiger partial charge is 0.306 e. The van der Waals surface area contributed by atoms with Gasteiger partial charge in [0.2, 0.25) is 0 Å². The topological polar surface area (TPSA) is 105 Å². The summed E-state index contributed by atoms with van der Waals surface area (Å²) in [5.74, 6) is 0.0191. The van der Waals surface area contributed by atoms with E-state index in [1.807, 2.05) is 36.4 Å². The number of H-pyrrole nitrogens is 1. The predicted octanol–water partition coefficient (Wildman–Crippen LogP) is 6.69. The number of carbonyl (C=O) groups is 1. The zero-order valence-electron chi connectivity index (χ0n) is 20.0. The molecule has 1 unspecified atom stereocenters. The van der Waals surface area contributed by atoms with Gasteiger partial charge >= 0.3 is 5.97 Å². The quantitative estimate of drug-likeness (QED) is 0.234. The highest BCUT2D eigenvalue weighted by Gasteiger charge is 2.39. The van der Waals surface area contributed by atoms with Crippen LogP contribution in [0.4, 0.5) is 14.6 Å². The molecule has 3 saturated carbocycles. The summed E-state index contributed by atoms with van der Waals surface area (Å²) in [6.07, 6.45) is 7.43. The van der Waals surface area contributed by atoms with Gasteiger partial charge in [-0.3, -0.25) is 4.79 Å². The molecule has 0 spiro atoms. The molecular formula is C29H26F2N4O2. The molecule has 188 valence electrons. The fraction of sp³-hybridized carbons (Fsp3) is 0.276. The first-order valence-electron chi connectivity index (χ1n) is 12.5. The molecule has 6 nitrogen and oxygen atoms in total. The summed E-state index contributed by atoms with van der Waals surface area (Å²) in [5, 5.41) is 12.0. The van der Waals surface area contributed by atoms with Gasteiger partial charge in [0.05, 0.1) is 17.0 Å². The summed E-state index contributed by atoms with van der Waals surface area (Å²) in [7, 11) is 0. The van der Waals surface area contributed by atoms with E-state index < -0.39 is 17.6 Å². The molecule has 3 aromatic carbocycles. The molecule has 2 bridgehead atoms. The van der Waals surface area contributed by atoms with E-state index in [1.54, 1.807) is 6.20 Å². The zero-order valence-corrected chi connectivity index (χ0v) is 20.0. The maximum Gasteiger partial charge on any atom is 0.306 e. The van der Waals surface area contributed by atoms with Crippen LogP contribution in [0.2, 0.25) is 0 Å². The fourth-order valence-electron chi connectivity index (χ4n) is 5.98. The molecule has 8 rings (SSSR count). The number of anilines is 1. The lowest BCUT2D eigenvalue weighted by Gasteiger charge is -2.40. The normalized spacial score (nSPS) is 20.8. The highest BCUT2D eigenvalue weighted by atomic mass is 19.1. The number of carboxylic acids is 1. The number of aromatic amines is 1. The van der Waals surface area contributed by atoms with Crippen molar-refractivity contribution in [1.82, 2.24) is 15.0 Å². The van der Waals surface area contributed by atoms with Crippen molar-refractivity contribution in [1.29, 1.82) is 0 Å². The van der Waals surface area contributed by atoms with Crippen LogP contribution in [0.1, 0.15) is 32.1 Å². The Kier molecular flexibility index (Phi) is 5.74. The third-order valence-electron chi connectivity index (χ3n) is 7.90. The van der Waals surface area contributed by atoms with Crippen LogP contribution in [0.15, 0.2) is 54.7 Å². The number of fused-ring (bicyclic) bond motifs is 6. The number of halogens is 2. The van der Waals surface area contributed by atoms with Crippen molar-refractivity contribution in [2.45, 2.75) is 32.1 Å². The molecule has 1 atom stereocenters. The van der Waals surface area contributed by atoms with Gasteiger partial charge in [-0.2, -0.15) is 0 Å². The zero-order chi connectivity index (χ0) is 25.7. The van der Waals surface area contributed by atoms with E-state index >= 15 is 0 Å². The predicted molar refractivity (Wildman–Crippen MR) is 140 cm³/mol. The number of aromatic nitrogens is 3. The summed E-state index contributed by atoms with van der Waals surface area (Å²) < 4.78 is 27.6. The van der Waals surface area contributed by atoms with Crippen LogP contribution < -0.4 is 5.73 Å². The summed E-state index contributed by atoms with van der Waals surface area (Å²) >= 11 is 0. The van der Waals surface area contributed by atoms with E-state index in [2.05, 4.69) is 15.0 Å². The molecule has 2 aromatic heterocycles. The van der Waals surface area contributed by atoms with E-state index in [0.29, 0.717) is 34.0 Å². The summed E-state index contributed by atoms with van der Waals surface area (Å²) in [5.41, 5.74) is 7.54. The molecule has 5 aromatic rings. The lowest BCUT2D eigenvalue weighted by molar-refractivity contribution is -0.147. The maximum absolute atomic E-state index is 13.9. The van der Waals surface area contributed by atoms with Crippen LogP contribution in [0.25, 0.3) is 44.0 Å². The lowest BCUT2D eigenvalue weighted by atomic mass is 9.65. The van der Waals surface area contributed by atoms with Crippen molar-refractivity contribution < 1.29 is 18.7 Å². The second-order valence-electron chi connectivity index (χ2n) is 10.1. The summed E-state index contributed by atoms with van der Waals surface area (Å²) in [6.45, 7) is 0. The lowest BCUT2D eigenvalue weighted by Crippen LogP contribution is -2.35. The number of benzene rings is 3. The number of hydrogen-bond acceptors (Lipinski definition) is 4. The number of nitrogen functional groups attached to an aromatic ring is 1. The van der Waals surface area contributed by atoms with Gasteiger partial charge in [-0.25, -0.2) is 18.7 Å². The van der Waals surface area contributed by atoms with Crippen LogP contribution in [0, 0.1) is 29.4 Å². The number of aliphatic carboxylic acids is 1. The van der Waals surface area contributed by atoms with Crippen LogP contribution in [-0.2, 0) is 4.79 Å². The maximum atomic E-state index is 13.9. The van der Waals surface area contributed by atoms with Gasteiger partial charge in [0.15, 0.2) is 5.82 Å². The fourth-order valence-corrected chi connectivity index (χ4v) is 5.98. The highest BCUT2D eigenvalue weighted by Crippen LogP contribution is 2.44. The van der Waals surface area contributed by atoms with Crippen LogP contribution >= 0.6 is 0 Å². The number of carboxylic acid groups (broad SMARTS) is 1. The molecule has 3 aliphatic carbocycles. The molecule has 4 N–H and O–H groups in total. The Morgan fingerprint density at radius 3 is 2.35 bits per heavy atom. The molecule has 8 heteroatoms. The van der Waals surface area contributed by atoms with E-state index in [4.69, 9.17) is 10.8 Å². The monoisotopic (exact) mass is 500 g/mol. The molecule has 0 aliphatic heterocycles. The standard InChI is InChI=1S/C20H12F2N4.C9H14O2/c21-12-7-13-15(9-24-18(13)16(22)8-12)20-25-17-6-11-4-2-1-3-10(11)5-14(17)19(23)26-20;10-9(11)8-5-6-1-3-7(8)4-2-6/h1-9,24H,(H2,23,25,26);6-8H,1-5H2,(H,10,11). The van der Waals surface area contributed by atoms with Crippen LogP contribution in [-0.4, -0.2) is 26.0 Å². The van der Waals surface area contributed by atoms with Gasteiger partial charge < -0.3 is 15.8 Å². The number of nitrogens with one attached hydrogen (secondary N) is 1. The molecule has 37 heavy (non-hydrogen) atoms. The SMILES string of the molecule is Nc1nc(-c2c[nH]c3c(F)cc(F)cc23)nc2cc3ccccc3cc12.O=C(O)C1CC2CCC1CC2.